The van der Waals surface area contributed by atoms with Crippen LogP contribution in [0.2, 0.25) is 0 Å². The summed E-state index contributed by atoms with van der Waals surface area (Å²) in [5.41, 5.74) is 5.67. The van der Waals surface area contributed by atoms with Gasteiger partial charge in [0.2, 0.25) is 0 Å². The molecule has 0 atom stereocenters. The van der Waals surface area contributed by atoms with Gasteiger partial charge in [0, 0.05) is 24.5 Å². The molecular weight excluding hydrogens is 338 g/mol. The molecule has 1 N–H and O–H groups in total. The molecule has 0 radical (unpaired) electrons. The molecule has 0 saturated carbocycles. The second-order valence-electron chi connectivity index (χ2n) is 6.95. The van der Waals surface area contributed by atoms with Crippen LogP contribution in [0.15, 0.2) is 36.4 Å². The molecular formula is C21H27N5O. The van der Waals surface area contributed by atoms with Crippen molar-refractivity contribution < 1.29 is 4.79 Å². The van der Waals surface area contributed by atoms with Crippen LogP contribution >= 0.6 is 0 Å². The van der Waals surface area contributed by atoms with Crippen molar-refractivity contribution in [2.45, 2.75) is 47.2 Å². The van der Waals surface area contributed by atoms with Crippen LogP contribution in [0.1, 0.15) is 45.1 Å². The summed E-state index contributed by atoms with van der Waals surface area (Å²) in [5, 5.41) is 12.0. The van der Waals surface area contributed by atoms with Crippen molar-refractivity contribution in [2.75, 3.05) is 6.54 Å². The molecule has 0 aliphatic rings. The summed E-state index contributed by atoms with van der Waals surface area (Å²) in [7, 11) is 0. The number of aromatic nitrogens is 4. The predicted molar refractivity (Wildman–Crippen MR) is 106 cm³/mol. The van der Waals surface area contributed by atoms with Gasteiger partial charge in [0.05, 0.1) is 23.5 Å². The third-order valence-corrected chi connectivity index (χ3v) is 4.72. The van der Waals surface area contributed by atoms with Gasteiger partial charge in [-0.05, 0) is 45.7 Å². The van der Waals surface area contributed by atoms with Gasteiger partial charge >= 0.3 is 0 Å². The first kappa shape index (κ1) is 18.9. The molecule has 0 aliphatic heterocycles. The molecule has 0 aliphatic carbocycles. The molecule has 3 rings (SSSR count). The Morgan fingerprint density at radius 3 is 2.44 bits per heavy atom. The SMILES string of the molecule is Cc1cc(C)n(CCCNC(=O)c2c(C)nn(Cc3ccccc3)c2C)n1. The average Bonchev–Trinajstić information content (AvgIpc) is 3.10. The van der Waals surface area contributed by atoms with Gasteiger partial charge in [0.25, 0.3) is 5.91 Å². The van der Waals surface area contributed by atoms with E-state index in [0.717, 1.165) is 35.7 Å². The minimum Gasteiger partial charge on any atom is -0.352 e. The molecule has 0 fully saturated rings. The van der Waals surface area contributed by atoms with E-state index in [2.05, 4.69) is 33.7 Å². The van der Waals surface area contributed by atoms with Crippen LogP contribution in [0, 0.1) is 27.7 Å². The molecule has 27 heavy (non-hydrogen) atoms. The van der Waals surface area contributed by atoms with E-state index in [-0.39, 0.29) is 5.91 Å². The van der Waals surface area contributed by atoms with Crippen LogP contribution in [-0.2, 0) is 13.1 Å². The molecule has 1 amide bonds. The number of carbonyl (C=O) groups is 1. The van der Waals surface area contributed by atoms with Crippen molar-refractivity contribution in [3.8, 4) is 0 Å². The first-order valence-corrected chi connectivity index (χ1v) is 9.33. The molecule has 3 aromatic rings. The predicted octanol–water partition coefficient (Wildman–Crippen LogP) is 3.18. The molecule has 0 saturated heterocycles. The zero-order valence-corrected chi connectivity index (χ0v) is 16.5. The minimum absolute atomic E-state index is 0.0577. The van der Waals surface area contributed by atoms with Crippen LogP contribution < -0.4 is 5.32 Å². The van der Waals surface area contributed by atoms with Crippen LogP contribution in [0.4, 0.5) is 0 Å². The number of hydrogen-bond acceptors (Lipinski definition) is 3. The van der Waals surface area contributed by atoms with Crippen LogP contribution in [0.5, 0.6) is 0 Å². The Morgan fingerprint density at radius 2 is 1.78 bits per heavy atom. The quantitative estimate of drug-likeness (QED) is 0.654. The number of carbonyl (C=O) groups excluding carboxylic acids is 1. The molecule has 142 valence electrons. The summed E-state index contributed by atoms with van der Waals surface area (Å²) in [6, 6.07) is 12.2. The number of nitrogens with zero attached hydrogens (tertiary/aromatic N) is 4. The molecule has 2 aromatic heterocycles. The molecule has 2 heterocycles. The zero-order valence-electron chi connectivity index (χ0n) is 16.5. The summed E-state index contributed by atoms with van der Waals surface area (Å²) < 4.78 is 3.88. The largest absolute Gasteiger partial charge is 0.352 e. The van der Waals surface area contributed by atoms with Crippen LogP contribution in [0.3, 0.4) is 0 Å². The summed E-state index contributed by atoms with van der Waals surface area (Å²) in [6.45, 7) is 9.95. The Morgan fingerprint density at radius 1 is 1.04 bits per heavy atom. The fourth-order valence-corrected chi connectivity index (χ4v) is 3.36. The lowest BCUT2D eigenvalue weighted by Gasteiger charge is -2.08. The normalized spacial score (nSPS) is 11.0. The number of aryl methyl sites for hydroxylation is 4. The van der Waals surface area contributed by atoms with Crippen LogP contribution in [0.25, 0.3) is 0 Å². The topological polar surface area (TPSA) is 64.7 Å². The lowest BCUT2D eigenvalue weighted by molar-refractivity contribution is 0.0951. The van der Waals surface area contributed by atoms with E-state index in [4.69, 9.17) is 0 Å². The van der Waals surface area contributed by atoms with E-state index in [0.29, 0.717) is 18.7 Å². The minimum atomic E-state index is -0.0577. The first-order chi connectivity index (χ1) is 13.0. The van der Waals surface area contributed by atoms with Crippen molar-refractivity contribution in [1.82, 2.24) is 24.9 Å². The maximum Gasteiger partial charge on any atom is 0.255 e. The zero-order chi connectivity index (χ0) is 19.4. The number of hydrogen-bond donors (Lipinski definition) is 1. The number of amides is 1. The van der Waals surface area contributed by atoms with Gasteiger partial charge in [-0.25, -0.2) is 0 Å². The van der Waals surface area contributed by atoms with Gasteiger partial charge in [-0.2, -0.15) is 10.2 Å². The van der Waals surface area contributed by atoms with E-state index < -0.39 is 0 Å². The highest BCUT2D eigenvalue weighted by molar-refractivity contribution is 5.96. The lowest BCUT2D eigenvalue weighted by Crippen LogP contribution is -2.26. The number of benzene rings is 1. The fourth-order valence-electron chi connectivity index (χ4n) is 3.36. The van der Waals surface area contributed by atoms with Crippen molar-refractivity contribution in [1.29, 1.82) is 0 Å². The van der Waals surface area contributed by atoms with Gasteiger partial charge in [0.15, 0.2) is 0 Å². The van der Waals surface area contributed by atoms with Gasteiger partial charge in [0.1, 0.15) is 0 Å². The standard InChI is InChI=1S/C21H27N5O/c1-15-13-16(2)25(23-15)12-8-11-22-21(27)20-17(3)24-26(18(20)4)14-19-9-6-5-7-10-19/h5-7,9-10,13H,8,11-12,14H2,1-4H3,(H,22,27). The van der Waals surface area contributed by atoms with Crippen molar-refractivity contribution in [3.63, 3.8) is 0 Å². The van der Waals surface area contributed by atoms with Crippen molar-refractivity contribution in [2.24, 2.45) is 0 Å². The Kier molecular flexibility index (Phi) is 5.74. The monoisotopic (exact) mass is 365 g/mol. The number of nitrogens with one attached hydrogen (secondary N) is 1. The molecule has 0 unspecified atom stereocenters. The number of rotatable bonds is 7. The maximum absolute atomic E-state index is 12.6. The lowest BCUT2D eigenvalue weighted by atomic mass is 10.1. The third-order valence-electron chi connectivity index (χ3n) is 4.72. The summed E-state index contributed by atoms with van der Waals surface area (Å²) >= 11 is 0. The van der Waals surface area contributed by atoms with Gasteiger partial charge in [-0.15, -0.1) is 0 Å². The highest BCUT2D eigenvalue weighted by atomic mass is 16.1. The second kappa shape index (κ2) is 8.20. The van der Waals surface area contributed by atoms with E-state index in [1.54, 1.807) is 0 Å². The van der Waals surface area contributed by atoms with Crippen molar-refractivity contribution in [3.05, 3.63) is 70.3 Å². The molecule has 1 aromatic carbocycles. The Labute approximate surface area is 160 Å². The van der Waals surface area contributed by atoms with E-state index in [1.807, 2.05) is 55.3 Å². The van der Waals surface area contributed by atoms with Crippen molar-refractivity contribution >= 4 is 5.91 Å². The Balaban J connectivity index is 1.59. The maximum atomic E-state index is 12.6. The van der Waals surface area contributed by atoms with Gasteiger partial charge in [-0.1, -0.05) is 30.3 Å². The highest BCUT2D eigenvalue weighted by Crippen LogP contribution is 2.15. The fraction of sp³-hybridized carbons (Fsp3) is 0.381. The van der Waals surface area contributed by atoms with Gasteiger partial charge < -0.3 is 5.32 Å². The summed E-state index contributed by atoms with van der Waals surface area (Å²) in [4.78, 5) is 12.6. The average molecular weight is 365 g/mol. The van der Waals surface area contributed by atoms with E-state index in [1.165, 1.54) is 5.56 Å². The first-order valence-electron chi connectivity index (χ1n) is 9.33. The molecule has 0 bridgehead atoms. The van der Waals surface area contributed by atoms with E-state index in [9.17, 15) is 4.79 Å². The highest BCUT2D eigenvalue weighted by Gasteiger charge is 2.18. The Hall–Kier alpha value is -2.89. The molecule has 0 spiro atoms. The smallest absolute Gasteiger partial charge is 0.255 e. The second-order valence-corrected chi connectivity index (χ2v) is 6.95. The molecule has 6 nitrogen and oxygen atoms in total. The third kappa shape index (κ3) is 4.45. The Bertz CT molecular complexity index is 924. The summed E-state index contributed by atoms with van der Waals surface area (Å²) in [6.07, 6.45) is 0.837. The summed E-state index contributed by atoms with van der Waals surface area (Å²) in [5.74, 6) is -0.0577. The van der Waals surface area contributed by atoms with Gasteiger partial charge in [-0.3, -0.25) is 14.2 Å². The van der Waals surface area contributed by atoms with Crippen LogP contribution in [-0.4, -0.2) is 32.0 Å². The van der Waals surface area contributed by atoms with E-state index >= 15 is 0 Å². The molecule has 6 heteroatoms.